The molecule has 4 heteroatoms. The summed E-state index contributed by atoms with van der Waals surface area (Å²) in [4.78, 5) is 16.7. The Morgan fingerprint density at radius 2 is 1.72 bits per heavy atom. The van der Waals surface area contributed by atoms with Gasteiger partial charge in [-0.1, -0.05) is 42.5 Å². The molecule has 0 bridgehead atoms. The van der Waals surface area contributed by atoms with Gasteiger partial charge >= 0.3 is 0 Å². The second-order valence-corrected chi connectivity index (χ2v) is 5.78. The van der Waals surface area contributed by atoms with E-state index in [9.17, 15) is 4.79 Å². The number of carbonyl (C=O) groups excluding carboxylic acids is 1. The van der Waals surface area contributed by atoms with E-state index in [-0.39, 0.29) is 5.91 Å². The first kappa shape index (κ1) is 16.9. The van der Waals surface area contributed by atoms with Crippen LogP contribution in [0.25, 0.3) is 11.1 Å². The minimum atomic E-state index is -0.648. The zero-order chi connectivity index (χ0) is 17.6. The van der Waals surface area contributed by atoms with Crippen molar-refractivity contribution in [1.29, 1.82) is 0 Å². The van der Waals surface area contributed by atoms with Gasteiger partial charge in [0, 0.05) is 25.2 Å². The van der Waals surface area contributed by atoms with Crippen molar-refractivity contribution in [2.24, 2.45) is 0 Å². The van der Waals surface area contributed by atoms with Gasteiger partial charge in [0.25, 0.3) is 5.91 Å². The molecule has 0 aliphatic heterocycles. The number of carbonyl (C=O) groups is 1. The zero-order valence-corrected chi connectivity index (χ0v) is 14.3. The standard InChI is InChI=1S/C21H20N2O2/c1-15-8-9-18(16-10-12-22-13-11-16)14-19(15)23-21(24)20(25-2)17-6-4-3-5-7-17/h3-14,20H,1-2H3,(H,23,24)/t20-/m1/s1. The minimum Gasteiger partial charge on any atom is -0.367 e. The number of nitrogens with zero attached hydrogens (tertiary/aromatic N) is 1. The van der Waals surface area contributed by atoms with Crippen molar-refractivity contribution >= 4 is 11.6 Å². The fourth-order valence-electron chi connectivity index (χ4n) is 2.70. The third kappa shape index (κ3) is 3.92. The van der Waals surface area contributed by atoms with Crippen molar-refractivity contribution in [3.8, 4) is 11.1 Å². The van der Waals surface area contributed by atoms with Crippen LogP contribution in [0.5, 0.6) is 0 Å². The average Bonchev–Trinajstić information content (AvgIpc) is 2.66. The maximum absolute atomic E-state index is 12.7. The first-order chi connectivity index (χ1) is 12.2. The first-order valence-electron chi connectivity index (χ1n) is 8.08. The minimum absolute atomic E-state index is 0.191. The molecule has 3 aromatic rings. The zero-order valence-electron chi connectivity index (χ0n) is 14.3. The third-order valence-corrected chi connectivity index (χ3v) is 4.09. The lowest BCUT2D eigenvalue weighted by Gasteiger charge is -2.17. The lowest BCUT2D eigenvalue weighted by Crippen LogP contribution is -2.23. The molecular weight excluding hydrogens is 312 g/mol. The molecule has 0 spiro atoms. The highest BCUT2D eigenvalue weighted by atomic mass is 16.5. The molecule has 4 nitrogen and oxygen atoms in total. The largest absolute Gasteiger partial charge is 0.367 e. The van der Waals surface area contributed by atoms with Crippen LogP contribution in [0.1, 0.15) is 17.2 Å². The summed E-state index contributed by atoms with van der Waals surface area (Å²) in [5, 5.41) is 2.99. The van der Waals surface area contributed by atoms with E-state index in [1.165, 1.54) is 7.11 Å². The van der Waals surface area contributed by atoms with Crippen molar-refractivity contribution in [3.63, 3.8) is 0 Å². The van der Waals surface area contributed by atoms with E-state index in [1.807, 2.05) is 67.6 Å². The van der Waals surface area contributed by atoms with Gasteiger partial charge < -0.3 is 10.1 Å². The normalized spacial score (nSPS) is 11.8. The van der Waals surface area contributed by atoms with Crippen LogP contribution in [-0.2, 0) is 9.53 Å². The maximum Gasteiger partial charge on any atom is 0.258 e. The highest BCUT2D eigenvalue weighted by Crippen LogP contribution is 2.26. The molecular formula is C21H20N2O2. The molecule has 3 rings (SSSR count). The monoisotopic (exact) mass is 332 g/mol. The molecule has 2 aromatic carbocycles. The molecule has 0 saturated heterocycles. The Morgan fingerprint density at radius 3 is 2.40 bits per heavy atom. The van der Waals surface area contributed by atoms with Gasteiger partial charge in [-0.2, -0.15) is 0 Å². The number of benzene rings is 2. The second-order valence-electron chi connectivity index (χ2n) is 5.78. The molecule has 1 aromatic heterocycles. The summed E-state index contributed by atoms with van der Waals surface area (Å²) in [6.07, 6.45) is 2.86. The Balaban J connectivity index is 1.85. The molecule has 1 N–H and O–H groups in total. The average molecular weight is 332 g/mol. The van der Waals surface area contributed by atoms with Crippen molar-refractivity contribution in [2.45, 2.75) is 13.0 Å². The van der Waals surface area contributed by atoms with Crippen LogP contribution < -0.4 is 5.32 Å². The predicted molar refractivity (Wildman–Crippen MR) is 99.2 cm³/mol. The summed E-state index contributed by atoms with van der Waals surface area (Å²) in [5.74, 6) is -0.191. The van der Waals surface area contributed by atoms with Gasteiger partial charge in [-0.05, 0) is 47.4 Å². The van der Waals surface area contributed by atoms with Crippen LogP contribution in [0.2, 0.25) is 0 Å². The van der Waals surface area contributed by atoms with Crippen molar-refractivity contribution < 1.29 is 9.53 Å². The molecule has 25 heavy (non-hydrogen) atoms. The number of ether oxygens (including phenoxy) is 1. The van der Waals surface area contributed by atoms with Crippen LogP contribution in [-0.4, -0.2) is 18.0 Å². The van der Waals surface area contributed by atoms with Crippen LogP contribution in [0, 0.1) is 6.92 Å². The molecule has 0 unspecified atom stereocenters. The van der Waals surface area contributed by atoms with Crippen molar-refractivity contribution in [1.82, 2.24) is 4.98 Å². The number of anilines is 1. The van der Waals surface area contributed by atoms with Gasteiger partial charge in [0.2, 0.25) is 0 Å². The number of hydrogen-bond acceptors (Lipinski definition) is 3. The Kier molecular flexibility index (Phi) is 5.21. The quantitative estimate of drug-likeness (QED) is 0.754. The van der Waals surface area contributed by atoms with Gasteiger partial charge in [-0.15, -0.1) is 0 Å². The first-order valence-corrected chi connectivity index (χ1v) is 8.08. The maximum atomic E-state index is 12.7. The van der Waals surface area contributed by atoms with Crippen LogP contribution in [0.15, 0.2) is 73.1 Å². The number of rotatable bonds is 5. The van der Waals surface area contributed by atoms with Gasteiger partial charge in [0.05, 0.1) is 0 Å². The molecule has 0 fully saturated rings. The van der Waals surface area contributed by atoms with Crippen LogP contribution in [0.3, 0.4) is 0 Å². The van der Waals surface area contributed by atoms with E-state index >= 15 is 0 Å². The number of aromatic nitrogens is 1. The summed E-state index contributed by atoms with van der Waals surface area (Å²) in [6.45, 7) is 1.97. The molecule has 1 atom stereocenters. The Bertz CT molecular complexity index is 848. The molecule has 126 valence electrons. The number of amides is 1. The topological polar surface area (TPSA) is 51.2 Å². The van der Waals surface area contributed by atoms with E-state index in [1.54, 1.807) is 12.4 Å². The predicted octanol–water partition coefficient (Wildman–Crippen LogP) is 4.38. The van der Waals surface area contributed by atoms with E-state index in [0.717, 1.165) is 27.9 Å². The highest BCUT2D eigenvalue weighted by Gasteiger charge is 2.20. The molecule has 1 heterocycles. The lowest BCUT2D eigenvalue weighted by atomic mass is 10.0. The van der Waals surface area contributed by atoms with E-state index in [2.05, 4.69) is 10.3 Å². The van der Waals surface area contributed by atoms with Gasteiger partial charge in [-0.3, -0.25) is 9.78 Å². The van der Waals surface area contributed by atoms with Gasteiger partial charge in [0.15, 0.2) is 6.10 Å². The molecule has 0 saturated carbocycles. The summed E-state index contributed by atoms with van der Waals surface area (Å²) >= 11 is 0. The summed E-state index contributed by atoms with van der Waals surface area (Å²) in [6, 6.07) is 19.4. The summed E-state index contributed by atoms with van der Waals surface area (Å²) in [5.41, 5.74) is 4.67. The van der Waals surface area contributed by atoms with Crippen molar-refractivity contribution in [3.05, 3.63) is 84.2 Å². The molecule has 1 amide bonds. The van der Waals surface area contributed by atoms with E-state index in [0.29, 0.717) is 0 Å². The SMILES string of the molecule is CO[C@@H](C(=O)Nc1cc(-c2ccncc2)ccc1C)c1ccccc1. The number of methoxy groups -OCH3 is 1. The number of nitrogens with one attached hydrogen (secondary N) is 1. The fourth-order valence-corrected chi connectivity index (χ4v) is 2.70. The van der Waals surface area contributed by atoms with E-state index in [4.69, 9.17) is 4.74 Å². The van der Waals surface area contributed by atoms with Gasteiger partial charge in [0.1, 0.15) is 0 Å². The highest BCUT2D eigenvalue weighted by molar-refractivity contribution is 5.96. The number of aryl methyl sites for hydroxylation is 1. The number of hydrogen-bond donors (Lipinski definition) is 1. The summed E-state index contributed by atoms with van der Waals surface area (Å²) < 4.78 is 5.40. The Hall–Kier alpha value is -2.98. The van der Waals surface area contributed by atoms with E-state index < -0.39 is 6.10 Å². The van der Waals surface area contributed by atoms with Gasteiger partial charge in [-0.25, -0.2) is 0 Å². The third-order valence-electron chi connectivity index (χ3n) is 4.09. The molecule has 0 aliphatic carbocycles. The molecule has 0 radical (unpaired) electrons. The van der Waals surface area contributed by atoms with Crippen molar-refractivity contribution in [2.75, 3.05) is 12.4 Å². The van der Waals surface area contributed by atoms with Crippen LogP contribution >= 0.6 is 0 Å². The lowest BCUT2D eigenvalue weighted by molar-refractivity contribution is -0.126. The van der Waals surface area contributed by atoms with Crippen LogP contribution in [0.4, 0.5) is 5.69 Å². The molecule has 0 aliphatic rings. The Morgan fingerprint density at radius 1 is 1.00 bits per heavy atom. The Labute approximate surface area is 147 Å². The second kappa shape index (κ2) is 7.73. The number of pyridine rings is 1. The smallest absolute Gasteiger partial charge is 0.258 e. The fraction of sp³-hybridized carbons (Fsp3) is 0.143. The summed E-state index contributed by atoms with van der Waals surface area (Å²) in [7, 11) is 1.54.